The minimum absolute atomic E-state index is 0.159. The van der Waals surface area contributed by atoms with Crippen LogP contribution in [0.15, 0.2) is 65.8 Å². The first-order valence-electron chi connectivity index (χ1n) is 10.8. The van der Waals surface area contributed by atoms with Crippen LogP contribution in [0.5, 0.6) is 5.75 Å². The highest BCUT2D eigenvalue weighted by Crippen LogP contribution is 2.33. The molecule has 1 atom stereocenters. The molecule has 9 heteroatoms. The lowest BCUT2D eigenvalue weighted by Gasteiger charge is -2.28. The first-order valence-corrected chi connectivity index (χ1v) is 10.8. The molecule has 1 saturated heterocycles. The number of rotatable bonds is 4. The smallest absolute Gasteiger partial charge is 0.280 e. The molecule has 1 aliphatic heterocycles. The summed E-state index contributed by atoms with van der Waals surface area (Å²) in [6.07, 6.45) is 4.98. The molecule has 2 aromatic carbocycles. The van der Waals surface area contributed by atoms with E-state index in [1.165, 1.54) is 0 Å². The number of hydrogen-bond donors (Lipinski definition) is 0. The third-order valence-electron chi connectivity index (χ3n) is 6.34. The summed E-state index contributed by atoms with van der Waals surface area (Å²) in [7, 11) is 1.62. The van der Waals surface area contributed by atoms with E-state index in [4.69, 9.17) is 9.47 Å². The van der Waals surface area contributed by atoms with Crippen LogP contribution >= 0.6 is 0 Å². The number of aromatic nitrogens is 6. The predicted octanol–water partition coefficient (Wildman–Crippen LogP) is 3.39. The quantitative estimate of drug-likeness (QED) is 0.424. The number of hydrogen-bond acceptors (Lipinski definition) is 6. The first kappa shape index (κ1) is 19.7. The first-order chi connectivity index (χ1) is 16.1. The van der Waals surface area contributed by atoms with Gasteiger partial charge in [0.1, 0.15) is 34.7 Å². The number of fused-ring (bicyclic) bond motifs is 3. The van der Waals surface area contributed by atoms with Crippen LogP contribution in [0.3, 0.4) is 0 Å². The second kappa shape index (κ2) is 7.28. The maximum absolute atomic E-state index is 14.0. The number of ether oxygens (including phenoxy) is 2. The Labute approximate surface area is 188 Å². The van der Waals surface area contributed by atoms with E-state index in [1.54, 1.807) is 28.9 Å². The lowest BCUT2D eigenvalue weighted by atomic mass is 10.1. The predicted molar refractivity (Wildman–Crippen MR) is 123 cm³/mol. The van der Waals surface area contributed by atoms with Crippen LogP contribution in [-0.4, -0.2) is 42.7 Å². The zero-order valence-electron chi connectivity index (χ0n) is 18.3. The molecule has 1 fully saturated rings. The highest BCUT2D eigenvalue weighted by molar-refractivity contribution is 5.84. The van der Waals surface area contributed by atoms with Gasteiger partial charge in [0.25, 0.3) is 5.56 Å². The Morgan fingerprint density at radius 1 is 1.09 bits per heavy atom. The van der Waals surface area contributed by atoms with Gasteiger partial charge >= 0.3 is 0 Å². The van der Waals surface area contributed by atoms with E-state index in [9.17, 15) is 4.79 Å². The molecular formula is C24H22N6O3. The second-order valence-corrected chi connectivity index (χ2v) is 8.30. The van der Waals surface area contributed by atoms with Crippen LogP contribution in [0.4, 0.5) is 0 Å². The van der Waals surface area contributed by atoms with Crippen LogP contribution in [-0.2, 0) is 10.5 Å². The van der Waals surface area contributed by atoms with Crippen molar-refractivity contribution in [2.75, 3.05) is 13.7 Å². The van der Waals surface area contributed by atoms with Gasteiger partial charge in [-0.05, 0) is 56.2 Å². The molecule has 9 nitrogen and oxygen atoms in total. The monoisotopic (exact) mass is 442 g/mol. The van der Waals surface area contributed by atoms with Crippen molar-refractivity contribution in [3.05, 3.63) is 71.4 Å². The lowest BCUT2D eigenvalue weighted by molar-refractivity contribution is -0.0447. The molecule has 5 aromatic rings. The SMILES string of the molecule is COc1ccc(-n2nncc2-c2ncn3c2c(=O)n(C2(C)CCCO2)c2ccccc23)cc1. The third-order valence-corrected chi connectivity index (χ3v) is 6.34. The normalized spacial score (nSPS) is 18.4. The Morgan fingerprint density at radius 2 is 1.88 bits per heavy atom. The minimum atomic E-state index is -0.714. The van der Waals surface area contributed by atoms with Crippen molar-refractivity contribution in [1.29, 1.82) is 0 Å². The Hall–Kier alpha value is -3.98. The van der Waals surface area contributed by atoms with Gasteiger partial charge in [0, 0.05) is 6.61 Å². The summed E-state index contributed by atoms with van der Waals surface area (Å²) >= 11 is 0. The van der Waals surface area contributed by atoms with E-state index >= 15 is 0 Å². The number of imidazole rings is 1. The Balaban J connectivity index is 1.63. The molecule has 4 heterocycles. The molecule has 0 saturated carbocycles. The summed E-state index contributed by atoms with van der Waals surface area (Å²) < 4.78 is 16.6. The van der Waals surface area contributed by atoms with Crippen LogP contribution in [0.25, 0.3) is 33.6 Å². The molecule has 0 N–H and O–H groups in total. The van der Waals surface area contributed by atoms with Gasteiger partial charge in [-0.3, -0.25) is 13.8 Å². The number of methoxy groups -OCH3 is 1. The maximum Gasteiger partial charge on any atom is 0.280 e. The van der Waals surface area contributed by atoms with Crippen molar-refractivity contribution < 1.29 is 9.47 Å². The van der Waals surface area contributed by atoms with E-state index in [0.29, 0.717) is 23.5 Å². The van der Waals surface area contributed by atoms with E-state index in [2.05, 4.69) is 15.3 Å². The molecule has 0 bridgehead atoms. The molecule has 1 aliphatic rings. The fourth-order valence-electron chi connectivity index (χ4n) is 4.72. The summed E-state index contributed by atoms with van der Waals surface area (Å²) in [4.78, 5) is 18.6. The van der Waals surface area contributed by atoms with Crippen molar-refractivity contribution in [1.82, 2.24) is 28.9 Å². The van der Waals surface area contributed by atoms with Gasteiger partial charge in [-0.2, -0.15) is 0 Å². The summed E-state index contributed by atoms with van der Waals surface area (Å²) in [5.74, 6) is 0.743. The fourth-order valence-corrected chi connectivity index (χ4v) is 4.72. The van der Waals surface area contributed by atoms with E-state index in [1.807, 2.05) is 59.9 Å². The van der Waals surface area contributed by atoms with Crippen molar-refractivity contribution in [2.24, 2.45) is 0 Å². The van der Waals surface area contributed by atoms with Crippen LogP contribution in [0.2, 0.25) is 0 Å². The molecule has 0 radical (unpaired) electrons. The molecule has 6 rings (SSSR count). The molecule has 3 aromatic heterocycles. The largest absolute Gasteiger partial charge is 0.497 e. The zero-order chi connectivity index (χ0) is 22.6. The summed E-state index contributed by atoms with van der Waals surface area (Å²) in [6.45, 7) is 2.60. The molecule has 166 valence electrons. The Bertz CT molecular complexity index is 1540. The fraction of sp³-hybridized carbons (Fsp3) is 0.250. The van der Waals surface area contributed by atoms with Gasteiger partial charge in [0.2, 0.25) is 0 Å². The van der Waals surface area contributed by atoms with Gasteiger partial charge in [0.05, 0.1) is 30.0 Å². The van der Waals surface area contributed by atoms with Crippen molar-refractivity contribution >= 4 is 16.6 Å². The van der Waals surface area contributed by atoms with Crippen molar-refractivity contribution in [2.45, 2.75) is 25.5 Å². The highest BCUT2D eigenvalue weighted by Gasteiger charge is 2.35. The van der Waals surface area contributed by atoms with Crippen LogP contribution < -0.4 is 10.3 Å². The van der Waals surface area contributed by atoms with Gasteiger partial charge in [0.15, 0.2) is 0 Å². The summed E-state index contributed by atoms with van der Waals surface area (Å²) in [6, 6.07) is 15.3. The summed E-state index contributed by atoms with van der Waals surface area (Å²) in [5.41, 5.74) is 3.21. The van der Waals surface area contributed by atoms with Crippen LogP contribution in [0.1, 0.15) is 19.8 Å². The van der Waals surface area contributed by atoms with E-state index in [0.717, 1.165) is 35.3 Å². The number of nitrogens with zero attached hydrogens (tertiary/aromatic N) is 6. The van der Waals surface area contributed by atoms with Gasteiger partial charge in [-0.1, -0.05) is 17.3 Å². The minimum Gasteiger partial charge on any atom is -0.497 e. The lowest BCUT2D eigenvalue weighted by Crippen LogP contribution is -2.39. The maximum atomic E-state index is 14.0. The molecule has 1 unspecified atom stereocenters. The van der Waals surface area contributed by atoms with Crippen LogP contribution in [0, 0.1) is 0 Å². The molecule has 0 spiro atoms. The van der Waals surface area contributed by atoms with E-state index < -0.39 is 5.72 Å². The molecule has 33 heavy (non-hydrogen) atoms. The van der Waals surface area contributed by atoms with E-state index in [-0.39, 0.29) is 5.56 Å². The average molecular weight is 442 g/mol. The van der Waals surface area contributed by atoms with Gasteiger partial charge < -0.3 is 9.47 Å². The Kier molecular flexibility index (Phi) is 4.34. The number of benzene rings is 2. The third kappa shape index (κ3) is 2.89. The van der Waals surface area contributed by atoms with Crippen molar-refractivity contribution in [3.63, 3.8) is 0 Å². The summed E-state index contributed by atoms with van der Waals surface area (Å²) in [5, 5.41) is 8.36. The molecular weight excluding hydrogens is 420 g/mol. The molecule has 0 aliphatic carbocycles. The standard InChI is InChI=1S/C24H22N6O3/c1-24(12-5-13-33-24)29-19-7-4-3-6-18(19)28-15-25-21(22(28)23(29)31)20-14-26-27-30(20)16-8-10-17(32-2)11-9-16/h3-4,6-11,14-15H,5,12-13H2,1-2H3. The van der Waals surface area contributed by atoms with Crippen molar-refractivity contribution in [3.8, 4) is 22.8 Å². The average Bonchev–Trinajstić information content (AvgIpc) is 3.59. The second-order valence-electron chi connectivity index (χ2n) is 8.30. The highest BCUT2D eigenvalue weighted by atomic mass is 16.5. The molecule has 0 amide bonds. The Morgan fingerprint density at radius 3 is 2.61 bits per heavy atom. The van der Waals surface area contributed by atoms with Gasteiger partial charge in [-0.25, -0.2) is 9.67 Å². The zero-order valence-corrected chi connectivity index (χ0v) is 18.3. The van der Waals surface area contributed by atoms with Gasteiger partial charge in [-0.15, -0.1) is 5.10 Å². The topological polar surface area (TPSA) is 88.5 Å². The number of para-hydroxylation sites is 2.